The normalized spacial score (nSPS) is 22.3. The molecular formula is C22H28N2O3. The van der Waals surface area contributed by atoms with Crippen molar-refractivity contribution in [2.75, 3.05) is 26.4 Å². The van der Waals surface area contributed by atoms with Crippen LogP contribution < -0.4 is 5.32 Å². The van der Waals surface area contributed by atoms with Gasteiger partial charge in [0.15, 0.2) is 0 Å². The molecule has 2 fully saturated rings. The van der Waals surface area contributed by atoms with Crippen LogP contribution in [-0.4, -0.2) is 42.4 Å². The van der Waals surface area contributed by atoms with Gasteiger partial charge in [-0.2, -0.15) is 0 Å². The molecule has 2 N–H and O–H groups in total. The lowest BCUT2D eigenvalue weighted by molar-refractivity contribution is 0.0891. The van der Waals surface area contributed by atoms with Gasteiger partial charge in [-0.05, 0) is 57.2 Å². The minimum atomic E-state index is -0.154. The van der Waals surface area contributed by atoms with E-state index in [2.05, 4.69) is 31.3 Å². The Balaban J connectivity index is 1.66. The van der Waals surface area contributed by atoms with E-state index < -0.39 is 0 Å². The number of carbonyl (C=O) groups excluding carboxylic acids is 1. The monoisotopic (exact) mass is 368 g/mol. The molecule has 1 amide bonds. The lowest BCUT2D eigenvalue weighted by Crippen LogP contribution is -2.39. The molecule has 1 aliphatic heterocycles. The van der Waals surface area contributed by atoms with E-state index >= 15 is 0 Å². The fraction of sp³-hybridized carbons (Fsp3) is 0.545. The topological polar surface area (TPSA) is 71.5 Å². The zero-order valence-electron chi connectivity index (χ0n) is 16.2. The molecule has 1 unspecified atom stereocenters. The van der Waals surface area contributed by atoms with Crippen LogP contribution in [0.25, 0.3) is 10.9 Å². The SMILES string of the molecule is Cc1cc(C)c2nc(C3CC3)cc(C(=O)NCC3(CCO)CCOC3)c2c1. The molecule has 2 aliphatic rings. The zero-order chi connectivity index (χ0) is 19.0. The molecule has 5 nitrogen and oxygen atoms in total. The fourth-order valence-corrected chi connectivity index (χ4v) is 4.15. The van der Waals surface area contributed by atoms with Gasteiger partial charge in [0.2, 0.25) is 0 Å². The van der Waals surface area contributed by atoms with Gasteiger partial charge in [0.1, 0.15) is 0 Å². The summed E-state index contributed by atoms with van der Waals surface area (Å²) in [5.41, 5.74) is 4.78. The van der Waals surface area contributed by atoms with Gasteiger partial charge in [0.25, 0.3) is 5.91 Å². The summed E-state index contributed by atoms with van der Waals surface area (Å²) in [6.07, 6.45) is 3.83. The Bertz CT molecular complexity index is 867. The van der Waals surface area contributed by atoms with Crippen LogP contribution in [0.5, 0.6) is 0 Å². The average Bonchev–Trinajstić information content (AvgIpc) is 3.39. The maximum absolute atomic E-state index is 13.1. The second kappa shape index (κ2) is 7.21. The van der Waals surface area contributed by atoms with Gasteiger partial charge >= 0.3 is 0 Å². The second-order valence-electron chi connectivity index (χ2n) is 8.31. The quantitative estimate of drug-likeness (QED) is 0.821. The molecule has 144 valence electrons. The Kier molecular flexibility index (Phi) is 4.91. The number of aryl methyl sites for hydroxylation is 2. The highest BCUT2D eigenvalue weighted by atomic mass is 16.5. The van der Waals surface area contributed by atoms with Crippen LogP contribution in [-0.2, 0) is 4.74 Å². The summed E-state index contributed by atoms with van der Waals surface area (Å²) in [6.45, 7) is 6.04. The largest absolute Gasteiger partial charge is 0.396 e. The van der Waals surface area contributed by atoms with E-state index in [0.29, 0.717) is 37.7 Å². The number of aliphatic hydroxyl groups is 1. The molecule has 2 aromatic rings. The van der Waals surface area contributed by atoms with E-state index in [1.807, 2.05) is 6.07 Å². The Hall–Kier alpha value is -1.98. The zero-order valence-corrected chi connectivity index (χ0v) is 16.2. The number of aliphatic hydroxyl groups excluding tert-OH is 1. The fourth-order valence-electron chi connectivity index (χ4n) is 4.15. The Morgan fingerprint density at radius 1 is 1.33 bits per heavy atom. The highest BCUT2D eigenvalue weighted by molar-refractivity contribution is 6.07. The van der Waals surface area contributed by atoms with Crippen molar-refractivity contribution in [1.29, 1.82) is 0 Å². The lowest BCUT2D eigenvalue weighted by Gasteiger charge is -2.27. The third-order valence-corrected chi connectivity index (χ3v) is 5.96. The van der Waals surface area contributed by atoms with Crippen molar-refractivity contribution in [2.24, 2.45) is 5.41 Å². The van der Waals surface area contributed by atoms with Crippen LogP contribution in [0.2, 0.25) is 0 Å². The number of benzene rings is 1. The maximum Gasteiger partial charge on any atom is 0.252 e. The van der Waals surface area contributed by atoms with E-state index in [0.717, 1.165) is 47.0 Å². The molecule has 27 heavy (non-hydrogen) atoms. The Labute approximate surface area is 160 Å². The van der Waals surface area contributed by atoms with Crippen LogP contribution in [0.3, 0.4) is 0 Å². The first-order chi connectivity index (χ1) is 13.0. The number of pyridine rings is 1. The van der Waals surface area contributed by atoms with Gasteiger partial charge in [-0.15, -0.1) is 0 Å². The van der Waals surface area contributed by atoms with Gasteiger partial charge in [-0.1, -0.05) is 11.6 Å². The van der Waals surface area contributed by atoms with Crippen LogP contribution in [0.4, 0.5) is 0 Å². The smallest absolute Gasteiger partial charge is 0.252 e. The molecular weight excluding hydrogens is 340 g/mol. The van der Waals surface area contributed by atoms with Crippen LogP contribution in [0, 0.1) is 19.3 Å². The molecule has 1 saturated heterocycles. The number of aromatic nitrogens is 1. The summed E-state index contributed by atoms with van der Waals surface area (Å²) < 4.78 is 5.54. The highest BCUT2D eigenvalue weighted by Gasteiger charge is 2.35. The third-order valence-electron chi connectivity index (χ3n) is 5.96. The summed E-state index contributed by atoms with van der Waals surface area (Å²) in [6, 6.07) is 6.17. The van der Waals surface area contributed by atoms with Crippen molar-refractivity contribution in [3.63, 3.8) is 0 Å². The predicted octanol–water partition coefficient (Wildman–Crippen LogP) is 3.25. The van der Waals surface area contributed by atoms with Gasteiger partial charge in [0.05, 0.1) is 17.7 Å². The molecule has 1 aromatic heterocycles. The number of carbonyl (C=O) groups is 1. The van der Waals surface area contributed by atoms with E-state index in [1.165, 1.54) is 0 Å². The minimum Gasteiger partial charge on any atom is -0.396 e. The third kappa shape index (κ3) is 3.71. The van der Waals surface area contributed by atoms with Crippen molar-refractivity contribution in [2.45, 2.75) is 45.4 Å². The molecule has 2 heterocycles. The molecule has 0 radical (unpaired) electrons. The number of rotatable bonds is 6. The molecule has 1 saturated carbocycles. The Morgan fingerprint density at radius 2 is 2.15 bits per heavy atom. The standard InChI is InChI=1S/C22H28N2O3/c1-14-9-15(2)20-17(10-14)18(11-19(24-20)16-3-4-16)21(26)23-12-22(5-7-25)6-8-27-13-22/h9-11,16,25H,3-8,12-13H2,1-2H3,(H,23,26). The predicted molar refractivity (Wildman–Crippen MR) is 105 cm³/mol. The summed E-state index contributed by atoms with van der Waals surface area (Å²) in [5.74, 6) is 0.434. The summed E-state index contributed by atoms with van der Waals surface area (Å²) in [4.78, 5) is 18.0. The summed E-state index contributed by atoms with van der Waals surface area (Å²) >= 11 is 0. The van der Waals surface area contributed by atoms with Crippen molar-refractivity contribution in [3.05, 3.63) is 40.6 Å². The minimum absolute atomic E-state index is 0.0569. The van der Waals surface area contributed by atoms with Gasteiger partial charge in [-0.3, -0.25) is 9.78 Å². The molecule has 1 atom stereocenters. The van der Waals surface area contributed by atoms with Crippen LogP contribution >= 0.6 is 0 Å². The molecule has 5 heteroatoms. The molecule has 4 rings (SSSR count). The first-order valence-corrected chi connectivity index (χ1v) is 9.90. The van der Waals surface area contributed by atoms with Crippen LogP contribution in [0.15, 0.2) is 18.2 Å². The van der Waals surface area contributed by atoms with E-state index in [1.54, 1.807) is 0 Å². The van der Waals surface area contributed by atoms with Crippen molar-refractivity contribution in [1.82, 2.24) is 10.3 Å². The number of ether oxygens (including phenoxy) is 1. The number of hydrogen-bond acceptors (Lipinski definition) is 4. The number of amides is 1. The van der Waals surface area contributed by atoms with Crippen molar-refractivity contribution >= 4 is 16.8 Å². The van der Waals surface area contributed by atoms with E-state index in [9.17, 15) is 9.90 Å². The van der Waals surface area contributed by atoms with Crippen molar-refractivity contribution in [3.8, 4) is 0 Å². The van der Waals surface area contributed by atoms with Gasteiger partial charge in [-0.25, -0.2) is 0 Å². The van der Waals surface area contributed by atoms with E-state index in [-0.39, 0.29) is 17.9 Å². The first kappa shape index (κ1) is 18.4. The number of nitrogens with zero attached hydrogens (tertiary/aromatic N) is 1. The summed E-state index contributed by atoms with van der Waals surface area (Å²) in [7, 11) is 0. The lowest BCUT2D eigenvalue weighted by atomic mass is 9.84. The van der Waals surface area contributed by atoms with E-state index in [4.69, 9.17) is 9.72 Å². The summed E-state index contributed by atoms with van der Waals surface area (Å²) in [5, 5.41) is 13.5. The molecule has 1 aliphatic carbocycles. The number of fused-ring (bicyclic) bond motifs is 1. The first-order valence-electron chi connectivity index (χ1n) is 9.90. The highest BCUT2D eigenvalue weighted by Crippen LogP contribution is 2.40. The van der Waals surface area contributed by atoms with Crippen LogP contribution in [0.1, 0.15) is 58.8 Å². The van der Waals surface area contributed by atoms with Gasteiger partial charge in [0, 0.05) is 42.2 Å². The van der Waals surface area contributed by atoms with Gasteiger partial charge < -0.3 is 15.2 Å². The molecule has 0 spiro atoms. The number of hydrogen-bond donors (Lipinski definition) is 2. The molecule has 0 bridgehead atoms. The Morgan fingerprint density at radius 3 is 2.81 bits per heavy atom. The van der Waals surface area contributed by atoms with Crippen molar-refractivity contribution < 1.29 is 14.6 Å². The molecule has 1 aromatic carbocycles. The number of nitrogens with one attached hydrogen (secondary N) is 1. The average molecular weight is 368 g/mol. The second-order valence-corrected chi connectivity index (χ2v) is 8.31. The maximum atomic E-state index is 13.1.